The summed E-state index contributed by atoms with van der Waals surface area (Å²) in [6.45, 7) is 3.00. The van der Waals surface area contributed by atoms with E-state index in [1.165, 1.54) is 38.1 Å². The van der Waals surface area contributed by atoms with Crippen LogP contribution >= 0.6 is 7.60 Å². The molecular formula is C14H18F3N2O4P. The number of halogens is 3. The summed E-state index contributed by atoms with van der Waals surface area (Å²) in [6.07, 6.45) is -6.06. The van der Waals surface area contributed by atoms with Crippen LogP contribution in [0.4, 0.5) is 18.9 Å². The topological polar surface area (TPSA) is 71.4 Å². The van der Waals surface area contributed by atoms with E-state index < -0.39 is 31.4 Å². The van der Waals surface area contributed by atoms with E-state index >= 15 is 0 Å². The van der Waals surface area contributed by atoms with E-state index in [-0.39, 0.29) is 18.9 Å². The van der Waals surface area contributed by atoms with Gasteiger partial charge >= 0.3 is 13.8 Å². The van der Waals surface area contributed by atoms with E-state index in [2.05, 4.69) is 5.10 Å². The molecule has 1 aliphatic rings. The first-order valence-electron chi connectivity index (χ1n) is 7.29. The molecule has 0 aromatic heterocycles. The molecule has 0 radical (unpaired) electrons. The maximum atomic E-state index is 13.5. The van der Waals surface area contributed by atoms with Gasteiger partial charge in [-0.25, -0.2) is 5.01 Å². The third-order valence-corrected chi connectivity index (χ3v) is 5.42. The highest BCUT2D eigenvalue weighted by Crippen LogP contribution is 2.56. The van der Waals surface area contributed by atoms with Gasteiger partial charge in [0.1, 0.15) is 0 Å². The molecule has 1 N–H and O–H groups in total. The van der Waals surface area contributed by atoms with Gasteiger partial charge in [-0.1, -0.05) is 18.2 Å². The van der Waals surface area contributed by atoms with Crippen molar-refractivity contribution in [1.82, 2.24) is 0 Å². The summed E-state index contributed by atoms with van der Waals surface area (Å²) in [4.78, 5) is 0. The van der Waals surface area contributed by atoms with E-state index in [4.69, 9.17) is 9.05 Å². The van der Waals surface area contributed by atoms with Crippen LogP contribution in [0.15, 0.2) is 35.4 Å². The van der Waals surface area contributed by atoms with E-state index in [1.807, 2.05) is 0 Å². The van der Waals surface area contributed by atoms with Crippen LogP contribution in [0.5, 0.6) is 0 Å². The number of nitrogens with zero attached hydrogens (tertiary/aromatic N) is 2. The van der Waals surface area contributed by atoms with Crippen molar-refractivity contribution in [2.45, 2.75) is 32.2 Å². The molecule has 0 aliphatic carbocycles. The number of aliphatic hydroxyl groups is 1. The average Bonchev–Trinajstić information content (AvgIpc) is 2.88. The zero-order chi connectivity index (χ0) is 18.0. The molecule has 0 saturated carbocycles. The van der Waals surface area contributed by atoms with Gasteiger partial charge in [0.25, 0.3) is 5.72 Å². The molecule has 0 fully saturated rings. The van der Waals surface area contributed by atoms with Crippen molar-refractivity contribution in [3.05, 3.63) is 30.3 Å². The Morgan fingerprint density at radius 2 is 1.79 bits per heavy atom. The highest BCUT2D eigenvalue weighted by atomic mass is 31.2. The van der Waals surface area contributed by atoms with Crippen LogP contribution in [-0.4, -0.2) is 35.7 Å². The van der Waals surface area contributed by atoms with E-state index in [0.717, 1.165) is 0 Å². The van der Waals surface area contributed by atoms with Gasteiger partial charge in [0.2, 0.25) is 0 Å². The summed E-state index contributed by atoms with van der Waals surface area (Å²) in [6, 6.07) is 7.33. The highest BCUT2D eigenvalue weighted by Gasteiger charge is 2.64. The summed E-state index contributed by atoms with van der Waals surface area (Å²) in [5.41, 5.74) is -3.78. The van der Waals surface area contributed by atoms with Crippen LogP contribution in [0.3, 0.4) is 0 Å². The largest absolute Gasteiger partial charge is 0.438 e. The molecule has 2 rings (SSSR count). The summed E-state index contributed by atoms with van der Waals surface area (Å²) >= 11 is 0. The van der Waals surface area contributed by atoms with Gasteiger partial charge in [0, 0.05) is 0 Å². The van der Waals surface area contributed by atoms with E-state index in [0.29, 0.717) is 5.01 Å². The standard InChI is InChI=1S/C14H18F3N2O4P/c1-3-22-24(21,23-4-2)12-10-13(20,14(15,16)17)19(18-12)11-8-6-5-7-9-11/h5-9,20H,3-4,10H2,1-2H3/t13-/m0/s1. The average molecular weight is 366 g/mol. The van der Waals surface area contributed by atoms with Gasteiger partial charge in [-0.05, 0) is 26.0 Å². The van der Waals surface area contributed by atoms with Crippen LogP contribution in [0.25, 0.3) is 0 Å². The molecule has 0 amide bonds. The van der Waals surface area contributed by atoms with Crippen molar-refractivity contribution in [2.24, 2.45) is 5.10 Å². The molecular weight excluding hydrogens is 348 g/mol. The maximum Gasteiger partial charge on any atom is 0.438 e. The Morgan fingerprint density at radius 3 is 2.25 bits per heavy atom. The first-order chi connectivity index (χ1) is 11.2. The number of hydrogen-bond acceptors (Lipinski definition) is 6. The molecule has 0 spiro atoms. The minimum atomic E-state index is -5.03. The third-order valence-electron chi connectivity index (χ3n) is 3.34. The van der Waals surface area contributed by atoms with Crippen molar-refractivity contribution < 1.29 is 31.9 Å². The predicted molar refractivity (Wildman–Crippen MR) is 82.8 cm³/mol. The SMILES string of the molecule is CCOP(=O)(OCC)C1=NN(c2ccccc2)[C@@](O)(C(F)(F)F)C1. The van der Waals surface area contributed by atoms with Gasteiger partial charge in [0.15, 0.2) is 5.45 Å². The number of para-hydroxylation sites is 1. The van der Waals surface area contributed by atoms with Crippen LogP contribution < -0.4 is 5.01 Å². The predicted octanol–water partition coefficient (Wildman–Crippen LogP) is 3.73. The molecule has 1 aliphatic heterocycles. The lowest BCUT2D eigenvalue weighted by atomic mass is 10.1. The molecule has 0 saturated heterocycles. The molecule has 134 valence electrons. The summed E-state index contributed by atoms with van der Waals surface area (Å²) in [7, 11) is -4.03. The number of rotatable bonds is 6. The first-order valence-corrected chi connectivity index (χ1v) is 8.83. The zero-order valence-electron chi connectivity index (χ0n) is 13.2. The molecule has 24 heavy (non-hydrogen) atoms. The van der Waals surface area contributed by atoms with Crippen molar-refractivity contribution in [2.75, 3.05) is 18.2 Å². The lowest BCUT2D eigenvalue weighted by Crippen LogP contribution is -2.55. The van der Waals surface area contributed by atoms with Gasteiger partial charge in [-0.3, -0.25) is 4.57 Å². The Balaban J connectivity index is 2.51. The second kappa shape index (κ2) is 6.84. The minimum absolute atomic E-state index is 0.00636. The maximum absolute atomic E-state index is 13.5. The molecule has 6 nitrogen and oxygen atoms in total. The molecule has 1 aromatic carbocycles. The summed E-state index contributed by atoms with van der Waals surface area (Å²) < 4.78 is 63.2. The minimum Gasteiger partial charge on any atom is -0.362 e. The Hall–Kier alpha value is -1.41. The van der Waals surface area contributed by atoms with Gasteiger partial charge < -0.3 is 14.2 Å². The number of hydrazone groups is 1. The highest BCUT2D eigenvalue weighted by molar-refractivity contribution is 7.72. The fourth-order valence-corrected chi connectivity index (χ4v) is 3.93. The molecule has 1 aromatic rings. The second-order valence-corrected chi connectivity index (χ2v) is 7.02. The van der Waals surface area contributed by atoms with E-state index in [9.17, 15) is 22.8 Å². The van der Waals surface area contributed by atoms with Crippen molar-refractivity contribution in [1.29, 1.82) is 0 Å². The molecule has 0 bridgehead atoms. The second-order valence-electron chi connectivity index (χ2n) is 4.99. The van der Waals surface area contributed by atoms with Crippen LogP contribution in [0.1, 0.15) is 20.3 Å². The Morgan fingerprint density at radius 1 is 1.25 bits per heavy atom. The Bertz CT molecular complexity index is 643. The van der Waals surface area contributed by atoms with Gasteiger partial charge in [-0.15, -0.1) is 0 Å². The number of benzene rings is 1. The Kier molecular flexibility index (Phi) is 5.39. The monoisotopic (exact) mass is 366 g/mol. The number of alkyl halides is 3. The van der Waals surface area contributed by atoms with Gasteiger partial charge in [-0.2, -0.15) is 18.3 Å². The normalized spacial score (nSPS) is 21.9. The lowest BCUT2D eigenvalue weighted by Gasteiger charge is -2.33. The number of anilines is 1. The molecule has 10 heteroatoms. The lowest BCUT2D eigenvalue weighted by molar-refractivity contribution is -0.254. The molecule has 1 heterocycles. The van der Waals surface area contributed by atoms with Gasteiger partial charge in [0.05, 0.1) is 25.3 Å². The van der Waals surface area contributed by atoms with Crippen molar-refractivity contribution in [3.63, 3.8) is 0 Å². The fourth-order valence-electron chi connectivity index (χ4n) is 2.27. The van der Waals surface area contributed by atoms with E-state index in [1.54, 1.807) is 6.07 Å². The van der Waals surface area contributed by atoms with Crippen molar-refractivity contribution >= 4 is 18.7 Å². The molecule has 0 unspecified atom stereocenters. The van der Waals surface area contributed by atoms with Crippen molar-refractivity contribution in [3.8, 4) is 0 Å². The Labute approximate surface area is 137 Å². The van der Waals surface area contributed by atoms with Crippen LogP contribution in [-0.2, 0) is 13.6 Å². The summed E-state index contributed by atoms with van der Waals surface area (Å²) in [5.74, 6) is 0. The summed E-state index contributed by atoms with van der Waals surface area (Å²) in [5, 5.41) is 14.4. The van der Waals surface area contributed by atoms with Crippen LogP contribution in [0, 0.1) is 0 Å². The zero-order valence-corrected chi connectivity index (χ0v) is 14.0. The molecule has 1 atom stereocenters. The first kappa shape index (κ1) is 18.9. The quantitative estimate of drug-likeness (QED) is 0.777. The fraction of sp³-hybridized carbons (Fsp3) is 0.500. The van der Waals surface area contributed by atoms with Crippen LogP contribution in [0.2, 0.25) is 0 Å². The smallest absolute Gasteiger partial charge is 0.362 e. The third kappa shape index (κ3) is 3.35. The number of hydrogen-bond donors (Lipinski definition) is 1.